The van der Waals surface area contributed by atoms with E-state index >= 15 is 0 Å². The molecular weight excluding hydrogens is 414 g/mol. The van der Waals surface area contributed by atoms with Gasteiger partial charge in [-0.05, 0) is 42.5 Å². The average Bonchev–Trinajstić information content (AvgIpc) is 3.35. The van der Waals surface area contributed by atoms with Crippen LogP contribution >= 0.6 is 11.6 Å². The van der Waals surface area contributed by atoms with Crippen molar-refractivity contribution in [1.82, 2.24) is 29.7 Å². The molecule has 0 unspecified atom stereocenters. The third-order valence-electron chi connectivity index (χ3n) is 4.61. The van der Waals surface area contributed by atoms with Crippen molar-refractivity contribution in [2.75, 3.05) is 5.32 Å². The second kappa shape index (κ2) is 7.92. The van der Waals surface area contributed by atoms with Gasteiger partial charge in [-0.25, -0.2) is 19.6 Å². The molecule has 0 saturated carbocycles. The normalized spacial score (nSPS) is 10.9. The van der Waals surface area contributed by atoms with E-state index in [2.05, 4.69) is 30.4 Å². The maximum Gasteiger partial charge on any atom is 0.257 e. The van der Waals surface area contributed by atoms with Gasteiger partial charge < -0.3 is 5.32 Å². The van der Waals surface area contributed by atoms with Crippen molar-refractivity contribution in [3.8, 4) is 17.1 Å². The summed E-state index contributed by atoms with van der Waals surface area (Å²) in [5.41, 5.74) is 3.86. The number of nitrogens with zero attached hydrogens (tertiary/aromatic N) is 6. The number of amides is 1. The van der Waals surface area contributed by atoms with Crippen molar-refractivity contribution in [2.24, 2.45) is 0 Å². The molecule has 5 rings (SSSR count). The number of fused-ring (bicyclic) bond motifs is 1. The predicted molar refractivity (Wildman–Crippen MR) is 117 cm³/mol. The molecule has 0 radical (unpaired) electrons. The first-order chi connectivity index (χ1) is 15.2. The van der Waals surface area contributed by atoms with Gasteiger partial charge in [0.15, 0.2) is 5.82 Å². The second-order valence-electron chi connectivity index (χ2n) is 6.64. The lowest BCUT2D eigenvalue weighted by atomic mass is 10.1. The zero-order valence-electron chi connectivity index (χ0n) is 16.0. The number of para-hydroxylation sites is 2. The summed E-state index contributed by atoms with van der Waals surface area (Å²) in [7, 11) is 0. The molecule has 3 aromatic heterocycles. The molecule has 0 aliphatic heterocycles. The zero-order chi connectivity index (χ0) is 21.2. The molecule has 9 heteroatoms. The van der Waals surface area contributed by atoms with E-state index in [1.807, 2.05) is 24.3 Å². The molecule has 5 aromatic rings. The van der Waals surface area contributed by atoms with Crippen LogP contribution in [0, 0.1) is 0 Å². The number of aromatic nitrogens is 6. The van der Waals surface area contributed by atoms with E-state index in [0.29, 0.717) is 33.3 Å². The summed E-state index contributed by atoms with van der Waals surface area (Å²) >= 11 is 6.40. The summed E-state index contributed by atoms with van der Waals surface area (Å²) in [5.74, 6) is 0.271. The van der Waals surface area contributed by atoms with Crippen molar-refractivity contribution < 1.29 is 4.79 Å². The van der Waals surface area contributed by atoms with Crippen LogP contribution < -0.4 is 5.32 Å². The van der Waals surface area contributed by atoms with Gasteiger partial charge in [0, 0.05) is 17.4 Å². The summed E-state index contributed by atoms with van der Waals surface area (Å²) in [6.07, 6.45) is 6.10. The monoisotopic (exact) mass is 427 g/mol. The number of carbonyl (C=O) groups excluding carboxylic acids is 1. The summed E-state index contributed by atoms with van der Waals surface area (Å²) in [5, 5.41) is 7.40. The number of rotatable bonds is 4. The average molecular weight is 428 g/mol. The Hall–Kier alpha value is -4.17. The molecule has 0 spiro atoms. The van der Waals surface area contributed by atoms with E-state index in [4.69, 9.17) is 11.6 Å². The van der Waals surface area contributed by atoms with Gasteiger partial charge in [-0.2, -0.15) is 5.10 Å². The van der Waals surface area contributed by atoms with Gasteiger partial charge in [-0.3, -0.25) is 9.78 Å². The molecule has 8 nitrogen and oxygen atoms in total. The molecule has 0 aliphatic rings. The molecule has 3 heterocycles. The van der Waals surface area contributed by atoms with Gasteiger partial charge in [0.25, 0.3) is 5.91 Å². The minimum Gasteiger partial charge on any atom is -0.322 e. The Balaban J connectivity index is 1.40. The van der Waals surface area contributed by atoms with E-state index in [1.54, 1.807) is 36.5 Å². The summed E-state index contributed by atoms with van der Waals surface area (Å²) < 4.78 is 1.51. The third kappa shape index (κ3) is 3.84. The first-order valence-corrected chi connectivity index (χ1v) is 9.69. The highest BCUT2D eigenvalue weighted by Gasteiger charge is 2.12. The number of nitrogens with one attached hydrogen (secondary N) is 1. The van der Waals surface area contributed by atoms with E-state index in [9.17, 15) is 4.79 Å². The lowest BCUT2D eigenvalue weighted by Crippen LogP contribution is -2.12. The maximum atomic E-state index is 12.7. The van der Waals surface area contributed by atoms with E-state index in [0.717, 1.165) is 11.0 Å². The van der Waals surface area contributed by atoms with Gasteiger partial charge in [0.1, 0.15) is 12.7 Å². The van der Waals surface area contributed by atoms with E-state index < -0.39 is 0 Å². The topological polar surface area (TPSA) is 98.5 Å². The third-order valence-corrected chi connectivity index (χ3v) is 4.94. The highest BCUT2D eigenvalue weighted by molar-refractivity contribution is 6.33. The largest absolute Gasteiger partial charge is 0.322 e. The first kappa shape index (κ1) is 18.8. The van der Waals surface area contributed by atoms with Crippen LogP contribution in [-0.4, -0.2) is 35.6 Å². The lowest BCUT2D eigenvalue weighted by molar-refractivity contribution is 0.102. The van der Waals surface area contributed by atoms with Crippen molar-refractivity contribution >= 4 is 34.2 Å². The molecule has 0 atom stereocenters. The van der Waals surface area contributed by atoms with Crippen molar-refractivity contribution in [1.29, 1.82) is 0 Å². The Kier molecular flexibility index (Phi) is 4.81. The van der Waals surface area contributed by atoms with Crippen LogP contribution in [0.25, 0.3) is 28.1 Å². The minimum atomic E-state index is -0.296. The predicted octanol–water partition coefficient (Wildman–Crippen LogP) is 4.18. The fourth-order valence-electron chi connectivity index (χ4n) is 3.07. The van der Waals surface area contributed by atoms with Gasteiger partial charge >= 0.3 is 0 Å². The van der Waals surface area contributed by atoms with Gasteiger partial charge in [0.05, 0.1) is 33.5 Å². The number of hydrogen-bond acceptors (Lipinski definition) is 6. The number of carbonyl (C=O) groups is 1. The SMILES string of the molecule is O=C(Nc1ccc(Cl)c(-c2cnc3ccccc3n2)c1)c1ccc(-n2cncn2)nc1. The van der Waals surface area contributed by atoms with E-state index in [1.165, 1.54) is 23.5 Å². The summed E-state index contributed by atoms with van der Waals surface area (Å²) in [4.78, 5) is 29.9. The fraction of sp³-hybridized carbons (Fsp3) is 0. The van der Waals surface area contributed by atoms with Crippen LogP contribution in [-0.2, 0) is 0 Å². The van der Waals surface area contributed by atoms with Crippen molar-refractivity contribution in [3.05, 3.63) is 90.2 Å². The van der Waals surface area contributed by atoms with E-state index in [-0.39, 0.29) is 5.91 Å². The molecule has 1 amide bonds. The smallest absolute Gasteiger partial charge is 0.257 e. The van der Waals surface area contributed by atoms with Crippen LogP contribution in [0.1, 0.15) is 10.4 Å². The van der Waals surface area contributed by atoms with Crippen LogP contribution in [0.3, 0.4) is 0 Å². The molecule has 1 N–H and O–H groups in total. The zero-order valence-corrected chi connectivity index (χ0v) is 16.7. The summed E-state index contributed by atoms with van der Waals surface area (Å²) in [6.45, 7) is 0. The summed E-state index contributed by atoms with van der Waals surface area (Å²) in [6, 6.07) is 16.2. The van der Waals surface area contributed by atoms with Crippen LogP contribution in [0.4, 0.5) is 5.69 Å². The minimum absolute atomic E-state index is 0.296. The second-order valence-corrected chi connectivity index (χ2v) is 7.05. The standard InChI is InChI=1S/C22H14ClN7O/c23-17-7-6-15(9-16(17)20-11-25-18-3-1-2-4-19(18)29-20)28-22(31)14-5-8-21(26-10-14)30-13-24-12-27-30/h1-13H,(H,28,31). The molecular formula is C22H14ClN7O. The van der Waals surface area contributed by atoms with Gasteiger partial charge in [-0.15, -0.1) is 0 Å². The lowest BCUT2D eigenvalue weighted by Gasteiger charge is -2.10. The highest BCUT2D eigenvalue weighted by atomic mass is 35.5. The molecule has 2 aromatic carbocycles. The Morgan fingerprint density at radius 2 is 1.84 bits per heavy atom. The Labute approximate surface area is 181 Å². The number of pyridine rings is 1. The number of benzene rings is 2. The fourth-order valence-corrected chi connectivity index (χ4v) is 3.29. The molecule has 31 heavy (non-hydrogen) atoms. The van der Waals surface area contributed by atoms with Crippen molar-refractivity contribution in [2.45, 2.75) is 0 Å². The van der Waals surface area contributed by atoms with Gasteiger partial charge in [0.2, 0.25) is 0 Å². The number of hydrogen-bond donors (Lipinski definition) is 1. The van der Waals surface area contributed by atoms with Crippen LogP contribution in [0.5, 0.6) is 0 Å². The molecule has 0 aliphatic carbocycles. The Bertz CT molecular complexity index is 1390. The number of anilines is 1. The highest BCUT2D eigenvalue weighted by Crippen LogP contribution is 2.30. The molecule has 0 bridgehead atoms. The first-order valence-electron chi connectivity index (χ1n) is 9.31. The van der Waals surface area contributed by atoms with Crippen LogP contribution in [0.2, 0.25) is 5.02 Å². The van der Waals surface area contributed by atoms with Crippen molar-refractivity contribution in [3.63, 3.8) is 0 Å². The quantitative estimate of drug-likeness (QED) is 0.462. The Morgan fingerprint density at radius 3 is 2.61 bits per heavy atom. The molecule has 0 fully saturated rings. The number of halogens is 1. The molecule has 0 saturated heterocycles. The Morgan fingerprint density at radius 1 is 0.968 bits per heavy atom. The molecule has 150 valence electrons. The van der Waals surface area contributed by atoms with Gasteiger partial charge in [-0.1, -0.05) is 23.7 Å². The maximum absolute atomic E-state index is 12.7. The van der Waals surface area contributed by atoms with Crippen LogP contribution in [0.15, 0.2) is 79.6 Å².